The first-order chi connectivity index (χ1) is 18.6. The normalized spacial score (nSPS) is 12.0. The molecule has 0 aliphatic heterocycles. The molecule has 2 aromatic carbocycles. The molecule has 39 heavy (non-hydrogen) atoms. The zero-order valence-corrected chi connectivity index (χ0v) is 22.9. The maximum Gasteiger partial charge on any atom is 0.323 e. The van der Waals surface area contributed by atoms with E-state index in [1.54, 1.807) is 23.6 Å². The highest BCUT2D eigenvalue weighted by molar-refractivity contribution is 7.17. The Labute approximate surface area is 229 Å². The minimum absolute atomic E-state index is 0.00226. The minimum atomic E-state index is -0.706. The number of ether oxygens (including phenoxy) is 3. The number of nitrogens with one attached hydrogen (secondary N) is 1. The summed E-state index contributed by atoms with van der Waals surface area (Å²) < 4.78 is 30.4. The predicted molar refractivity (Wildman–Crippen MR) is 147 cm³/mol. The van der Waals surface area contributed by atoms with E-state index in [0.717, 1.165) is 5.01 Å². The van der Waals surface area contributed by atoms with E-state index in [-0.39, 0.29) is 37.1 Å². The smallest absolute Gasteiger partial charge is 0.323 e. The van der Waals surface area contributed by atoms with Gasteiger partial charge in [-0.1, -0.05) is 26.0 Å². The van der Waals surface area contributed by atoms with Crippen LogP contribution in [0.5, 0.6) is 11.5 Å². The molecule has 208 valence electrons. The molecule has 12 heteroatoms. The van der Waals surface area contributed by atoms with Crippen molar-refractivity contribution in [1.29, 1.82) is 0 Å². The van der Waals surface area contributed by atoms with Gasteiger partial charge in [0.15, 0.2) is 11.5 Å². The van der Waals surface area contributed by atoms with Crippen LogP contribution in [0.15, 0.2) is 46.9 Å². The number of methoxy groups -OCH3 is 1. The van der Waals surface area contributed by atoms with Crippen molar-refractivity contribution in [3.8, 4) is 11.5 Å². The van der Waals surface area contributed by atoms with Crippen LogP contribution in [0.4, 0.5) is 4.39 Å². The maximum atomic E-state index is 13.9. The lowest BCUT2D eigenvalue weighted by Gasteiger charge is -2.15. The van der Waals surface area contributed by atoms with E-state index in [9.17, 15) is 18.8 Å². The monoisotopic (exact) mass is 558 g/mol. The number of thiophene rings is 1. The Kier molecular flexibility index (Phi) is 10.4. The summed E-state index contributed by atoms with van der Waals surface area (Å²) in [7, 11) is 2.89. The largest absolute Gasteiger partial charge is 0.493 e. The van der Waals surface area contributed by atoms with E-state index < -0.39 is 23.8 Å². The number of benzene rings is 2. The van der Waals surface area contributed by atoms with Crippen molar-refractivity contribution in [2.24, 2.45) is 16.8 Å². The van der Waals surface area contributed by atoms with Crippen LogP contribution in [-0.2, 0) is 14.3 Å². The highest BCUT2D eigenvalue weighted by atomic mass is 32.1. The Morgan fingerprint density at radius 3 is 2.67 bits per heavy atom. The molecule has 0 fully saturated rings. The van der Waals surface area contributed by atoms with Crippen molar-refractivity contribution in [3.63, 3.8) is 0 Å². The summed E-state index contributed by atoms with van der Waals surface area (Å²) in [4.78, 5) is 36.9. The fourth-order valence-electron chi connectivity index (χ4n) is 3.32. The molecule has 0 saturated heterocycles. The van der Waals surface area contributed by atoms with Gasteiger partial charge in [-0.2, -0.15) is 5.10 Å². The predicted octanol–water partition coefficient (Wildman–Crippen LogP) is 3.18. The molecule has 0 radical (unpaired) electrons. The molecular formula is C27H31FN4O6S. The lowest BCUT2D eigenvalue weighted by Crippen LogP contribution is -2.37. The molecule has 1 atom stereocenters. The molecule has 3 aromatic rings. The molecule has 3 N–H and O–H groups in total. The summed E-state index contributed by atoms with van der Waals surface area (Å²) >= 11 is 1.25. The number of fused-ring (bicyclic) bond motifs is 1. The highest BCUT2D eigenvalue weighted by Crippen LogP contribution is 2.28. The van der Waals surface area contributed by atoms with Crippen molar-refractivity contribution in [2.45, 2.75) is 19.9 Å². The van der Waals surface area contributed by atoms with Crippen LogP contribution in [0.1, 0.15) is 29.8 Å². The highest BCUT2D eigenvalue weighted by Gasteiger charge is 2.19. The van der Waals surface area contributed by atoms with Crippen molar-refractivity contribution in [1.82, 2.24) is 10.3 Å². The molecule has 2 amide bonds. The molecule has 1 unspecified atom stereocenters. The minimum Gasteiger partial charge on any atom is -0.493 e. The van der Waals surface area contributed by atoms with Crippen LogP contribution in [0.2, 0.25) is 0 Å². The van der Waals surface area contributed by atoms with E-state index in [0.29, 0.717) is 27.1 Å². The van der Waals surface area contributed by atoms with Crippen LogP contribution < -0.4 is 20.5 Å². The van der Waals surface area contributed by atoms with E-state index >= 15 is 0 Å². The Balaban J connectivity index is 1.51. The summed E-state index contributed by atoms with van der Waals surface area (Å²) in [6.45, 7) is 3.42. The van der Waals surface area contributed by atoms with Crippen LogP contribution in [0, 0.1) is 11.7 Å². The first-order valence-corrected chi connectivity index (χ1v) is 13.0. The van der Waals surface area contributed by atoms with Gasteiger partial charge in [0.1, 0.15) is 25.1 Å². The molecule has 1 heterocycles. The van der Waals surface area contributed by atoms with Crippen molar-refractivity contribution < 1.29 is 33.0 Å². The molecule has 0 spiro atoms. The average molecular weight is 559 g/mol. The number of likely N-dealkylation sites (N-methyl/N-ethyl adjacent to an activating group) is 1. The lowest BCUT2D eigenvalue weighted by molar-refractivity contribution is -0.147. The maximum absolute atomic E-state index is 13.9. The number of nitrogens with zero attached hydrogens (tertiary/aromatic N) is 2. The second-order valence-electron chi connectivity index (χ2n) is 8.80. The van der Waals surface area contributed by atoms with Gasteiger partial charge in [-0.05, 0) is 30.2 Å². The molecular weight excluding hydrogens is 527 g/mol. The standard InChI is InChI=1S/C27H31FN4O6S/c1-16(2)24(29)27(35)38-11-10-37-21-9-8-17(12-22(21)36-4)26(34)30-14-23(33)32(3)31-13-18-15-39-25-19(18)6-5-7-20(25)28/h5-9,12-13,15-16,24H,10-11,14,29H2,1-4H3,(H,30,34)/b31-13+. The number of halogens is 1. The summed E-state index contributed by atoms with van der Waals surface area (Å²) in [5.74, 6) is -1.17. The average Bonchev–Trinajstić information content (AvgIpc) is 3.36. The second kappa shape index (κ2) is 13.7. The zero-order valence-electron chi connectivity index (χ0n) is 22.1. The molecule has 1 aromatic heterocycles. The van der Waals surface area contributed by atoms with Gasteiger partial charge in [-0.25, -0.2) is 9.40 Å². The Bertz CT molecular complexity index is 1360. The number of esters is 1. The van der Waals surface area contributed by atoms with Gasteiger partial charge in [0.05, 0.1) is 24.6 Å². The number of nitrogens with two attached hydrogens (primary N) is 1. The number of hydrogen-bond donors (Lipinski definition) is 2. The molecule has 0 aliphatic rings. The second-order valence-corrected chi connectivity index (χ2v) is 9.68. The van der Waals surface area contributed by atoms with E-state index in [4.69, 9.17) is 19.9 Å². The van der Waals surface area contributed by atoms with E-state index in [2.05, 4.69) is 10.4 Å². The zero-order chi connectivity index (χ0) is 28.5. The number of amides is 2. The SMILES string of the molecule is COc1cc(C(=O)NCC(=O)N(C)/N=C/c2csc3c(F)cccc23)ccc1OCCOC(=O)C(N)C(C)C. The van der Waals surface area contributed by atoms with E-state index in [1.807, 2.05) is 13.8 Å². The van der Waals surface area contributed by atoms with Gasteiger partial charge in [0, 0.05) is 28.9 Å². The fraction of sp³-hybridized carbons (Fsp3) is 0.333. The summed E-state index contributed by atoms with van der Waals surface area (Å²) in [6, 6.07) is 8.60. The number of rotatable bonds is 12. The third-order valence-electron chi connectivity index (χ3n) is 5.71. The third kappa shape index (κ3) is 7.74. The number of carbonyl (C=O) groups excluding carboxylic acids is 3. The number of carbonyl (C=O) groups is 3. The Morgan fingerprint density at radius 2 is 1.95 bits per heavy atom. The molecule has 0 saturated carbocycles. The van der Waals surface area contributed by atoms with Gasteiger partial charge < -0.3 is 25.3 Å². The lowest BCUT2D eigenvalue weighted by atomic mass is 10.1. The van der Waals surface area contributed by atoms with Gasteiger partial charge in [0.25, 0.3) is 11.8 Å². The first-order valence-electron chi connectivity index (χ1n) is 12.1. The van der Waals surface area contributed by atoms with Gasteiger partial charge in [-0.15, -0.1) is 11.3 Å². The first kappa shape index (κ1) is 29.5. The third-order valence-corrected chi connectivity index (χ3v) is 6.74. The Morgan fingerprint density at radius 1 is 1.18 bits per heavy atom. The fourth-order valence-corrected chi connectivity index (χ4v) is 4.24. The summed E-state index contributed by atoms with van der Waals surface area (Å²) in [5, 5.41) is 10.2. The van der Waals surface area contributed by atoms with Crippen LogP contribution in [0.3, 0.4) is 0 Å². The van der Waals surface area contributed by atoms with Crippen molar-refractivity contribution in [2.75, 3.05) is 33.9 Å². The summed E-state index contributed by atoms with van der Waals surface area (Å²) in [5.41, 5.74) is 6.68. The van der Waals surface area contributed by atoms with Crippen LogP contribution in [0.25, 0.3) is 10.1 Å². The van der Waals surface area contributed by atoms with Crippen LogP contribution in [-0.4, -0.2) is 69.0 Å². The van der Waals surface area contributed by atoms with Gasteiger partial charge in [0.2, 0.25) is 0 Å². The van der Waals surface area contributed by atoms with Crippen molar-refractivity contribution in [3.05, 3.63) is 58.7 Å². The summed E-state index contributed by atoms with van der Waals surface area (Å²) in [6.07, 6.45) is 1.47. The molecule has 0 aliphatic carbocycles. The number of hydrazone groups is 1. The molecule has 3 rings (SSSR count). The molecule has 10 nitrogen and oxygen atoms in total. The van der Waals surface area contributed by atoms with Gasteiger partial charge >= 0.3 is 5.97 Å². The molecule has 0 bridgehead atoms. The van der Waals surface area contributed by atoms with Crippen molar-refractivity contribution >= 4 is 45.4 Å². The van der Waals surface area contributed by atoms with Crippen LogP contribution >= 0.6 is 11.3 Å². The number of hydrogen-bond acceptors (Lipinski definition) is 9. The topological polar surface area (TPSA) is 133 Å². The quantitative estimate of drug-likeness (QED) is 0.151. The Hall–Kier alpha value is -4.03. The van der Waals surface area contributed by atoms with Gasteiger partial charge in [-0.3, -0.25) is 14.4 Å². The van der Waals surface area contributed by atoms with E-state index in [1.165, 1.54) is 49.9 Å².